The van der Waals surface area contributed by atoms with Gasteiger partial charge >= 0.3 is 0 Å². The molecule has 2 aromatic rings. The van der Waals surface area contributed by atoms with Crippen LogP contribution in [0, 0.1) is 19.8 Å². The summed E-state index contributed by atoms with van der Waals surface area (Å²) in [5.74, 6) is 1.52. The summed E-state index contributed by atoms with van der Waals surface area (Å²) in [5, 5.41) is 3.39. The standard InChI is InChI=1S/C15H21N3/c1-11(2)10-17-15-16-8-9-18(15)14-7-5-6-12(3)13(14)4/h5-9,11H,10H2,1-4H3,(H,16,17). The van der Waals surface area contributed by atoms with E-state index in [0.29, 0.717) is 5.92 Å². The van der Waals surface area contributed by atoms with Gasteiger partial charge in [0.1, 0.15) is 0 Å². The third-order valence-corrected chi connectivity index (χ3v) is 3.14. The second-order valence-electron chi connectivity index (χ2n) is 5.11. The number of anilines is 1. The van der Waals surface area contributed by atoms with Gasteiger partial charge in [-0.2, -0.15) is 0 Å². The predicted molar refractivity (Wildman–Crippen MR) is 76.4 cm³/mol. The second-order valence-corrected chi connectivity index (χ2v) is 5.11. The molecule has 0 radical (unpaired) electrons. The summed E-state index contributed by atoms with van der Waals surface area (Å²) >= 11 is 0. The van der Waals surface area contributed by atoms with Gasteiger partial charge in [0.2, 0.25) is 5.95 Å². The van der Waals surface area contributed by atoms with Crippen LogP contribution in [0.4, 0.5) is 5.95 Å². The Labute approximate surface area is 109 Å². The Morgan fingerprint density at radius 1 is 1.28 bits per heavy atom. The van der Waals surface area contributed by atoms with E-state index in [1.165, 1.54) is 16.8 Å². The normalized spacial score (nSPS) is 10.9. The molecular formula is C15H21N3. The third kappa shape index (κ3) is 2.55. The van der Waals surface area contributed by atoms with Crippen LogP contribution in [0.25, 0.3) is 5.69 Å². The Kier molecular flexibility index (Phi) is 3.70. The van der Waals surface area contributed by atoms with Gasteiger partial charge in [0, 0.05) is 18.9 Å². The highest BCUT2D eigenvalue weighted by Gasteiger charge is 2.08. The van der Waals surface area contributed by atoms with Crippen LogP contribution in [-0.2, 0) is 0 Å². The van der Waals surface area contributed by atoms with E-state index in [0.717, 1.165) is 12.5 Å². The third-order valence-electron chi connectivity index (χ3n) is 3.14. The largest absolute Gasteiger partial charge is 0.355 e. The molecule has 1 aromatic heterocycles. The van der Waals surface area contributed by atoms with Crippen LogP contribution in [0.2, 0.25) is 0 Å². The number of nitrogens with zero attached hydrogens (tertiary/aromatic N) is 2. The smallest absolute Gasteiger partial charge is 0.207 e. The summed E-state index contributed by atoms with van der Waals surface area (Å²) in [6.45, 7) is 9.60. The molecular weight excluding hydrogens is 222 g/mol. The summed E-state index contributed by atoms with van der Waals surface area (Å²) in [7, 11) is 0. The number of nitrogens with one attached hydrogen (secondary N) is 1. The lowest BCUT2D eigenvalue weighted by molar-refractivity contribution is 0.683. The van der Waals surface area contributed by atoms with E-state index in [2.05, 4.69) is 60.8 Å². The van der Waals surface area contributed by atoms with Gasteiger partial charge in [0.05, 0.1) is 5.69 Å². The molecule has 0 unspecified atom stereocenters. The van der Waals surface area contributed by atoms with Crippen molar-refractivity contribution in [1.29, 1.82) is 0 Å². The lowest BCUT2D eigenvalue weighted by Crippen LogP contribution is -2.12. The summed E-state index contributed by atoms with van der Waals surface area (Å²) < 4.78 is 2.12. The second kappa shape index (κ2) is 5.25. The van der Waals surface area contributed by atoms with Crippen molar-refractivity contribution in [3.63, 3.8) is 0 Å². The number of imidazole rings is 1. The fourth-order valence-electron chi connectivity index (χ4n) is 1.92. The molecule has 0 saturated carbocycles. The van der Waals surface area contributed by atoms with Crippen LogP contribution in [0.3, 0.4) is 0 Å². The molecule has 2 rings (SSSR count). The van der Waals surface area contributed by atoms with Gasteiger partial charge in [-0.15, -0.1) is 0 Å². The first-order valence-corrected chi connectivity index (χ1v) is 6.43. The maximum Gasteiger partial charge on any atom is 0.207 e. The Balaban J connectivity index is 2.33. The monoisotopic (exact) mass is 243 g/mol. The topological polar surface area (TPSA) is 29.9 Å². The highest BCUT2D eigenvalue weighted by atomic mass is 15.2. The highest BCUT2D eigenvalue weighted by molar-refractivity contribution is 5.49. The number of hydrogen-bond donors (Lipinski definition) is 1. The summed E-state index contributed by atoms with van der Waals surface area (Å²) in [4.78, 5) is 4.39. The molecule has 0 aliphatic rings. The summed E-state index contributed by atoms with van der Waals surface area (Å²) in [5.41, 5.74) is 3.79. The molecule has 96 valence electrons. The van der Waals surface area contributed by atoms with Gasteiger partial charge in [-0.05, 0) is 37.0 Å². The zero-order valence-electron chi connectivity index (χ0n) is 11.6. The molecule has 0 aliphatic carbocycles. The quantitative estimate of drug-likeness (QED) is 0.890. The van der Waals surface area contributed by atoms with E-state index in [9.17, 15) is 0 Å². The van der Waals surface area contributed by atoms with Crippen molar-refractivity contribution in [3.05, 3.63) is 41.7 Å². The predicted octanol–water partition coefficient (Wildman–Crippen LogP) is 3.56. The van der Waals surface area contributed by atoms with Crippen LogP contribution in [0.5, 0.6) is 0 Å². The lowest BCUT2D eigenvalue weighted by Gasteiger charge is -2.14. The van der Waals surface area contributed by atoms with Gasteiger partial charge in [0.25, 0.3) is 0 Å². The number of aryl methyl sites for hydroxylation is 1. The molecule has 18 heavy (non-hydrogen) atoms. The Bertz CT molecular complexity index is 526. The molecule has 0 amide bonds. The van der Waals surface area contributed by atoms with Crippen molar-refractivity contribution in [2.75, 3.05) is 11.9 Å². The molecule has 0 fully saturated rings. The minimum Gasteiger partial charge on any atom is -0.355 e. The van der Waals surface area contributed by atoms with E-state index in [1.807, 2.05) is 12.4 Å². The van der Waals surface area contributed by atoms with Gasteiger partial charge in [-0.25, -0.2) is 4.98 Å². The van der Waals surface area contributed by atoms with Crippen molar-refractivity contribution < 1.29 is 0 Å². The van der Waals surface area contributed by atoms with E-state index >= 15 is 0 Å². The number of rotatable bonds is 4. The number of benzene rings is 1. The first-order valence-electron chi connectivity index (χ1n) is 6.43. The van der Waals surface area contributed by atoms with Gasteiger partial charge < -0.3 is 5.32 Å². The molecule has 1 aromatic carbocycles. The molecule has 3 nitrogen and oxygen atoms in total. The fraction of sp³-hybridized carbons (Fsp3) is 0.400. The number of aromatic nitrogens is 2. The molecule has 0 atom stereocenters. The average Bonchev–Trinajstić information content (AvgIpc) is 2.78. The molecule has 3 heteroatoms. The molecule has 0 aliphatic heterocycles. The minimum atomic E-state index is 0.605. The number of hydrogen-bond acceptors (Lipinski definition) is 2. The SMILES string of the molecule is Cc1cccc(-n2ccnc2NCC(C)C)c1C. The molecule has 1 N–H and O–H groups in total. The van der Waals surface area contributed by atoms with Crippen LogP contribution >= 0.6 is 0 Å². The molecule has 1 heterocycles. The lowest BCUT2D eigenvalue weighted by atomic mass is 10.1. The van der Waals surface area contributed by atoms with E-state index in [1.54, 1.807) is 0 Å². The molecule has 0 spiro atoms. The van der Waals surface area contributed by atoms with E-state index in [4.69, 9.17) is 0 Å². The van der Waals surface area contributed by atoms with Crippen LogP contribution < -0.4 is 5.32 Å². The molecule has 0 bridgehead atoms. The van der Waals surface area contributed by atoms with E-state index < -0.39 is 0 Å². The summed E-state index contributed by atoms with van der Waals surface area (Å²) in [6, 6.07) is 6.35. The van der Waals surface area contributed by atoms with Crippen molar-refractivity contribution in [1.82, 2.24) is 9.55 Å². The first-order chi connectivity index (χ1) is 8.59. The first kappa shape index (κ1) is 12.7. The van der Waals surface area contributed by atoms with Crippen molar-refractivity contribution >= 4 is 5.95 Å². The minimum absolute atomic E-state index is 0.605. The van der Waals surface area contributed by atoms with Crippen LogP contribution in [0.15, 0.2) is 30.6 Å². The fourth-order valence-corrected chi connectivity index (χ4v) is 1.92. The maximum absolute atomic E-state index is 4.39. The van der Waals surface area contributed by atoms with Gasteiger partial charge in [0.15, 0.2) is 0 Å². The van der Waals surface area contributed by atoms with Crippen molar-refractivity contribution in [3.8, 4) is 5.69 Å². The van der Waals surface area contributed by atoms with Gasteiger partial charge in [-0.1, -0.05) is 26.0 Å². The zero-order chi connectivity index (χ0) is 13.1. The summed E-state index contributed by atoms with van der Waals surface area (Å²) in [6.07, 6.45) is 3.84. The van der Waals surface area contributed by atoms with E-state index in [-0.39, 0.29) is 0 Å². The van der Waals surface area contributed by atoms with Crippen LogP contribution in [0.1, 0.15) is 25.0 Å². The Morgan fingerprint density at radius 3 is 2.78 bits per heavy atom. The van der Waals surface area contributed by atoms with Crippen molar-refractivity contribution in [2.45, 2.75) is 27.7 Å². The Hall–Kier alpha value is -1.77. The van der Waals surface area contributed by atoms with Gasteiger partial charge in [-0.3, -0.25) is 4.57 Å². The zero-order valence-corrected chi connectivity index (χ0v) is 11.6. The average molecular weight is 243 g/mol. The van der Waals surface area contributed by atoms with Crippen molar-refractivity contribution in [2.24, 2.45) is 5.92 Å². The molecule has 0 saturated heterocycles. The Morgan fingerprint density at radius 2 is 2.06 bits per heavy atom. The van der Waals surface area contributed by atoms with Crippen LogP contribution in [-0.4, -0.2) is 16.1 Å². The highest BCUT2D eigenvalue weighted by Crippen LogP contribution is 2.20. The maximum atomic E-state index is 4.39.